The molecule has 0 aromatic heterocycles. The maximum atomic E-state index is 11.8. The second kappa shape index (κ2) is 7.58. The van der Waals surface area contributed by atoms with Gasteiger partial charge in [0.25, 0.3) is 5.69 Å². The van der Waals surface area contributed by atoms with Gasteiger partial charge < -0.3 is 15.7 Å². The van der Waals surface area contributed by atoms with Crippen LogP contribution >= 0.6 is 15.9 Å². The fraction of sp³-hybridized carbons (Fsp3) is 0.333. The first-order valence-electron chi connectivity index (χ1n) is 6.06. The molecule has 0 fully saturated rings. The summed E-state index contributed by atoms with van der Waals surface area (Å²) in [6.45, 7) is 1.76. The van der Waals surface area contributed by atoms with Crippen molar-refractivity contribution in [3.05, 3.63) is 32.8 Å². The third-order valence-corrected chi connectivity index (χ3v) is 3.32. The largest absolute Gasteiger partial charge is 0.481 e. The van der Waals surface area contributed by atoms with Gasteiger partial charge >= 0.3 is 12.0 Å². The zero-order valence-electron chi connectivity index (χ0n) is 11.1. The average molecular weight is 360 g/mol. The molecular formula is C12H14BrN3O5. The van der Waals surface area contributed by atoms with Crippen LogP contribution in [0.4, 0.5) is 16.2 Å². The molecule has 21 heavy (non-hydrogen) atoms. The number of carboxylic acids is 1. The Hall–Kier alpha value is -2.16. The molecular weight excluding hydrogens is 346 g/mol. The number of nitro benzene ring substituents is 1. The zero-order valence-corrected chi connectivity index (χ0v) is 12.7. The molecule has 0 heterocycles. The third-order valence-electron chi connectivity index (χ3n) is 2.66. The van der Waals surface area contributed by atoms with E-state index in [4.69, 9.17) is 5.11 Å². The lowest BCUT2D eigenvalue weighted by atomic mass is 10.1. The van der Waals surface area contributed by atoms with Crippen LogP contribution in [-0.2, 0) is 4.79 Å². The number of anilines is 1. The van der Waals surface area contributed by atoms with Gasteiger partial charge in [-0.05, 0) is 28.4 Å². The van der Waals surface area contributed by atoms with Crippen molar-refractivity contribution < 1.29 is 19.6 Å². The average Bonchev–Trinajstić information content (AvgIpc) is 2.39. The van der Waals surface area contributed by atoms with E-state index >= 15 is 0 Å². The number of amides is 2. The fourth-order valence-electron chi connectivity index (χ4n) is 1.57. The van der Waals surface area contributed by atoms with Gasteiger partial charge in [-0.1, -0.05) is 6.92 Å². The Kier molecular flexibility index (Phi) is 6.10. The lowest BCUT2D eigenvalue weighted by Crippen LogP contribution is -2.38. The van der Waals surface area contributed by atoms with E-state index in [2.05, 4.69) is 26.6 Å². The van der Waals surface area contributed by atoms with Gasteiger partial charge in [0.15, 0.2) is 0 Å². The lowest BCUT2D eigenvalue weighted by Gasteiger charge is -2.15. The number of halogens is 1. The van der Waals surface area contributed by atoms with Crippen molar-refractivity contribution >= 4 is 39.3 Å². The number of hydrogen-bond donors (Lipinski definition) is 3. The van der Waals surface area contributed by atoms with Gasteiger partial charge in [-0.15, -0.1) is 0 Å². The van der Waals surface area contributed by atoms with E-state index in [1.165, 1.54) is 18.2 Å². The molecule has 0 aliphatic rings. The van der Waals surface area contributed by atoms with Gasteiger partial charge in [0.05, 0.1) is 17.0 Å². The topological polar surface area (TPSA) is 122 Å². The molecule has 1 unspecified atom stereocenters. The highest BCUT2D eigenvalue weighted by atomic mass is 79.9. The number of benzene rings is 1. The highest BCUT2D eigenvalue weighted by molar-refractivity contribution is 9.10. The number of aliphatic carboxylic acids is 1. The Bertz CT molecular complexity index is 564. The monoisotopic (exact) mass is 359 g/mol. The summed E-state index contributed by atoms with van der Waals surface area (Å²) in [6.07, 6.45) is 0.298. The molecule has 3 N–H and O–H groups in total. The maximum absolute atomic E-state index is 11.8. The van der Waals surface area contributed by atoms with Gasteiger partial charge in [-0.3, -0.25) is 14.9 Å². The molecule has 1 aromatic rings. The number of carbonyl (C=O) groups is 2. The molecule has 1 rings (SSSR count). The number of non-ortho nitro benzene ring substituents is 1. The van der Waals surface area contributed by atoms with Gasteiger partial charge in [-0.25, -0.2) is 4.79 Å². The summed E-state index contributed by atoms with van der Waals surface area (Å²) in [7, 11) is 0. The van der Waals surface area contributed by atoms with Crippen LogP contribution in [0.15, 0.2) is 22.7 Å². The summed E-state index contributed by atoms with van der Waals surface area (Å²) in [6, 6.07) is 2.86. The molecule has 2 amide bonds. The normalized spacial score (nSPS) is 11.5. The Morgan fingerprint density at radius 2 is 2.14 bits per heavy atom. The minimum atomic E-state index is -1.00. The van der Waals surface area contributed by atoms with Gasteiger partial charge in [0.1, 0.15) is 0 Å². The zero-order chi connectivity index (χ0) is 16.0. The number of carbonyl (C=O) groups excluding carboxylic acids is 1. The number of nitrogens with zero attached hydrogens (tertiary/aromatic N) is 1. The standard InChI is InChI=1S/C12H14BrN3O5/c1-2-7(5-11(17)18)14-12(19)15-10-4-3-8(16(20)21)6-9(10)13/h3-4,6-7H,2,5H2,1H3,(H,17,18)(H2,14,15,19). The molecule has 0 aliphatic heterocycles. The van der Waals surface area contributed by atoms with E-state index in [0.717, 1.165) is 0 Å². The number of hydrogen-bond acceptors (Lipinski definition) is 4. The number of nitrogens with one attached hydrogen (secondary N) is 2. The number of nitro groups is 1. The van der Waals surface area contributed by atoms with Crippen molar-refractivity contribution in [3.63, 3.8) is 0 Å². The minimum Gasteiger partial charge on any atom is -0.481 e. The van der Waals surface area contributed by atoms with E-state index in [1.807, 2.05) is 0 Å². The Labute approximate surface area is 128 Å². The van der Waals surface area contributed by atoms with Gasteiger partial charge in [0.2, 0.25) is 0 Å². The first kappa shape index (κ1) is 16.9. The summed E-state index contributed by atoms with van der Waals surface area (Å²) in [5.41, 5.74) is 0.244. The van der Waals surface area contributed by atoms with Crippen LogP contribution in [0, 0.1) is 10.1 Å². The van der Waals surface area contributed by atoms with E-state index in [-0.39, 0.29) is 12.1 Å². The van der Waals surface area contributed by atoms with Crippen LogP contribution < -0.4 is 10.6 Å². The molecule has 8 nitrogen and oxygen atoms in total. The molecule has 0 radical (unpaired) electrons. The van der Waals surface area contributed by atoms with E-state index < -0.39 is 23.0 Å². The first-order valence-corrected chi connectivity index (χ1v) is 6.86. The Morgan fingerprint density at radius 1 is 1.48 bits per heavy atom. The molecule has 0 saturated carbocycles. The Balaban J connectivity index is 2.70. The molecule has 114 valence electrons. The number of carboxylic acid groups (broad SMARTS) is 1. The van der Waals surface area contributed by atoms with Crippen molar-refractivity contribution in [2.45, 2.75) is 25.8 Å². The van der Waals surface area contributed by atoms with Crippen LogP contribution in [0.25, 0.3) is 0 Å². The second-order valence-electron chi connectivity index (χ2n) is 4.22. The van der Waals surface area contributed by atoms with E-state index in [9.17, 15) is 19.7 Å². The highest BCUT2D eigenvalue weighted by Gasteiger charge is 2.15. The first-order chi connectivity index (χ1) is 9.83. The number of rotatable bonds is 6. The predicted molar refractivity (Wildman–Crippen MR) is 79.3 cm³/mol. The predicted octanol–water partition coefficient (Wildman–Crippen LogP) is 2.73. The van der Waals surface area contributed by atoms with Crippen molar-refractivity contribution in [1.29, 1.82) is 0 Å². The van der Waals surface area contributed by atoms with Crippen LogP contribution in [0.1, 0.15) is 19.8 Å². The fourth-order valence-corrected chi connectivity index (χ4v) is 2.04. The third kappa shape index (κ3) is 5.38. The van der Waals surface area contributed by atoms with Crippen molar-refractivity contribution in [2.75, 3.05) is 5.32 Å². The summed E-state index contributed by atoms with van der Waals surface area (Å²) >= 11 is 3.13. The second-order valence-corrected chi connectivity index (χ2v) is 5.08. The molecule has 1 aromatic carbocycles. The van der Waals surface area contributed by atoms with Crippen LogP contribution in [-0.4, -0.2) is 28.1 Å². The van der Waals surface area contributed by atoms with Gasteiger partial charge in [0, 0.05) is 22.6 Å². The lowest BCUT2D eigenvalue weighted by molar-refractivity contribution is -0.384. The van der Waals surface area contributed by atoms with Crippen LogP contribution in [0.2, 0.25) is 0 Å². The van der Waals surface area contributed by atoms with Crippen molar-refractivity contribution in [2.24, 2.45) is 0 Å². The minimum absolute atomic E-state index is 0.106. The van der Waals surface area contributed by atoms with E-state index in [0.29, 0.717) is 16.6 Å². The molecule has 0 bridgehead atoms. The van der Waals surface area contributed by atoms with Crippen molar-refractivity contribution in [1.82, 2.24) is 5.32 Å². The van der Waals surface area contributed by atoms with Crippen LogP contribution in [0.5, 0.6) is 0 Å². The summed E-state index contributed by atoms with van der Waals surface area (Å²) in [5.74, 6) is -1.00. The molecule has 1 atom stereocenters. The number of urea groups is 1. The molecule has 0 saturated heterocycles. The molecule has 9 heteroatoms. The van der Waals surface area contributed by atoms with E-state index in [1.54, 1.807) is 6.92 Å². The van der Waals surface area contributed by atoms with Crippen LogP contribution in [0.3, 0.4) is 0 Å². The SMILES string of the molecule is CCC(CC(=O)O)NC(=O)Nc1ccc([N+](=O)[O-])cc1Br. The Morgan fingerprint density at radius 3 is 2.62 bits per heavy atom. The molecule has 0 spiro atoms. The summed E-state index contributed by atoms with van der Waals surface area (Å²) in [4.78, 5) is 32.4. The summed E-state index contributed by atoms with van der Waals surface area (Å²) in [5, 5.41) is 24.3. The quantitative estimate of drug-likeness (QED) is 0.532. The smallest absolute Gasteiger partial charge is 0.319 e. The highest BCUT2D eigenvalue weighted by Crippen LogP contribution is 2.27. The van der Waals surface area contributed by atoms with Gasteiger partial charge in [-0.2, -0.15) is 0 Å². The molecule has 0 aliphatic carbocycles. The van der Waals surface area contributed by atoms with Crippen molar-refractivity contribution in [3.8, 4) is 0 Å². The maximum Gasteiger partial charge on any atom is 0.319 e. The summed E-state index contributed by atoms with van der Waals surface area (Å²) < 4.78 is 0.359.